The van der Waals surface area contributed by atoms with Crippen LogP contribution >= 0.6 is 11.3 Å². The van der Waals surface area contributed by atoms with Gasteiger partial charge in [0.25, 0.3) is 5.91 Å². The molecular formula is C19H29N3O3S. The monoisotopic (exact) mass is 379 g/mol. The molecule has 1 aromatic rings. The Balaban J connectivity index is 1.44. The van der Waals surface area contributed by atoms with Crippen molar-refractivity contribution in [1.29, 1.82) is 0 Å². The molecule has 26 heavy (non-hydrogen) atoms. The predicted octanol–water partition coefficient (Wildman–Crippen LogP) is 2.34. The molecule has 6 nitrogen and oxygen atoms in total. The molecule has 1 unspecified atom stereocenters. The zero-order valence-electron chi connectivity index (χ0n) is 15.7. The van der Waals surface area contributed by atoms with Gasteiger partial charge in [0.1, 0.15) is 6.10 Å². The number of hydrogen-bond acceptors (Lipinski definition) is 5. The molecule has 2 aliphatic rings. The molecule has 0 bridgehead atoms. The third kappa shape index (κ3) is 4.82. The number of hydrogen-bond donors (Lipinski definition) is 1. The van der Waals surface area contributed by atoms with E-state index in [0.717, 1.165) is 50.9 Å². The van der Waals surface area contributed by atoms with Gasteiger partial charge in [-0.3, -0.25) is 9.59 Å². The fourth-order valence-corrected chi connectivity index (χ4v) is 4.49. The second-order valence-electron chi connectivity index (χ2n) is 7.47. The summed E-state index contributed by atoms with van der Waals surface area (Å²) in [6, 6.07) is 0. The molecule has 2 fully saturated rings. The molecule has 1 aromatic heterocycles. The Morgan fingerprint density at radius 3 is 2.77 bits per heavy atom. The lowest BCUT2D eigenvalue weighted by Crippen LogP contribution is -2.43. The number of nitrogens with zero attached hydrogens (tertiary/aromatic N) is 2. The molecule has 2 amide bonds. The van der Waals surface area contributed by atoms with Crippen molar-refractivity contribution in [3.8, 4) is 0 Å². The van der Waals surface area contributed by atoms with Crippen LogP contribution in [0.4, 0.5) is 0 Å². The van der Waals surface area contributed by atoms with Gasteiger partial charge in [0.15, 0.2) is 0 Å². The van der Waals surface area contributed by atoms with E-state index in [2.05, 4.69) is 10.7 Å². The Kier molecular flexibility index (Phi) is 6.64. The SMILES string of the molecule is CC(C)C(=O)NCCc1csc(C2CCN(C(=O)C3CCCO3)CC2)n1. The van der Waals surface area contributed by atoms with Crippen molar-refractivity contribution in [2.24, 2.45) is 5.92 Å². The molecule has 144 valence electrons. The normalized spacial score (nSPS) is 21.3. The summed E-state index contributed by atoms with van der Waals surface area (Å²) in [5, 5.41) is 6.20. The van der Waals surface area contributed by atoms with Gasteiger partial charge in [-0.2, -0.15) is 0 Å². The van der Waals surface area contributed by atoms with Crippen molar-refractivity contribution in [3.63, 3.8) is 0 Å². The average Bonchev–Trinajstić information content (AvgIpc) is 3.33. The highest BCUT2D eigenvalue weighted by Gasteiger charge is 2.31. The first kappa shape index (κ1) is 19.3. The topological polar surface area (TPSA) is 71.5 Å². The van der Waals surface area contributed by atoms with E-state index in [9.17, 15) is 9.59 Å². The molecule has 2 aliphatic heterocycles. The lowest BCUT2D eigenvalue weighted by molar-refractivity contribution is -0.142. The molecule has 1 N–H and O–H groups in total. The minimum atomic E-state index is -0.209. The van der Waals surface area contributed by atoms with Crippen molar-refractivity contribution in [3.05, 3.63) is 16.1 Å². The van der Waals surface area contributed by atoms with Crippen molar-refractivity contribution in [1.82, 2.24) is 15.2 Å². The number of ether oxygens (including phenoxy) is 1. The summed E-state index contributed by atoms with van der Waals surface area (Å²) in [7, 11) is 0. The average molecular weight is 380 g/mol. The van der Waals surface area contributed by atoms with Crippen LogP contribution in [0.1, 0.15) is 56.2 Å². The maximum absolute atomic E-state index is 12.4. The zero-order chi connectivity index (χ0) is 18.5. The number of piperidine rings is 1. The largest absolute Gasteiger partial charge is 0.368 e. The van der Waals surface area contributed by atoms with Crippen molar-refractivity contribution < 1.29 is 14.3 Å². The van der Waals surface area contributed by atoms with E-state index in [1.54, 1.807) is 11.3 Å². The van der Waals surface area contributed by atoms with Crippen LogP contribution in [0.25, 0.3) is 0 Å². The summed E-state index contributed by atoms with van der Waals surface area (Å²) >= 11 is 1.70. The van der Waals surface area contributed by atoms with E-state index in [-0.39, 0.29) is 23.8 Å². The van der Waals surface area contributed by atoms with Crippen LogP contribution < -0.4 is 5.32 Å². The van der Waals surface area contributed by atoms with E-state index >= 15 is 0 Å². The highest BCUT2D eigenvalue weighted by Crippen LogP contribution is 2.31. The van der Waals surface area contributed by atoms with E-state index in [0.29, 0.717) is 19.1 Å². The van der Waals surface area contributed by atoms with Gasteiger partial charge in [0.2, 0.25) is 5.91 Å². The van der Waals surface area contributed by atoms with Crippen LogP contribution in [-0.4, -0.2) is 54.0 Å². The van der Waals surface area contributed by atoms with Gasteiger partial charge in [0, 0.05) is 49.9 Å². The third-order valence-electron chi connectivity index (χ3n) is 5.14. The number of likely N-dealkylation sites (tertiary alicyclic amines) is 1. The van der Waals surface area contributed by atoms with Crippen LogP contribution in [0.3, 0.4) is 0 Å². The second-order valence-corrected chi connectivity index (χ2v) is 8.36. The van der Waals surface area contributed by atoms with Crippen LogP contribution in [0, 0.1) is 5.92 Å². The number of carbonyl (C=O) groups is 2. The summed E-state index contributed by atoms with van der Waals surface area (Å²) < 4.78 is 5.52. The van der Waals surface area contributed by atoms with Gasteiger partial charge in [-0.25, -0.2) is 4.98 Å². The second kappa shape index (κ2) is 8.95. The van der Waals surface area contributed by atoms with E-state index in [4.69, 9.17) is 9.72 Å². The van der Waals surface area contributed by atoms with Crippen LogP contribution in [-0.2, 0) is 20.7 Å². The van der Waals surface area contributed by atoms with Crippen LogP contribution in [0.2, 0.25) is 0 Å². The van der Waals surface area contributed by atoms with Gasteiger partial charge in [-0.15, -0.1) is 11.3 Å². The smallest absolute Gasteiger partial charge is 0.251 e. The fourth-order valence-electron chi connectivity index (χ4n) is 3.47. The van der Waals surface area contributed by atoms with Crippen LogP contribution in [0.5, 0.6) is 0 Å². The highest BCUT2D eigenvalue weighted by molar-refractivity contribution is 7.09. The number of rotatable bonds is 6. The zero-order valence-corrected chi connectivity index (χ0v) is 16.5. The van der Waals surface area contributed by atoms with Gasteiger partial charge >= 0.3 is 0 Å². The first-order valence-electron chi connectivity index (χ1n) is 9.67. The van der Waals surface area contributed by atoms with Crippen LogP contribution in [0.15, 0.2) is 5.38 Å². The van der Waals surface area contributed by atoms with Crippen molar-refractivity contribution >= 4 is 23.2 Å². The third-order valence-corrected chi connectivity index (χ3v) is 6.19. The molecule has 2 saturated heterocycles. The lowest BCUT2D eigenvalue weighted by Gasteiger charge is -2.32. The molecule has 0 saturated carbocycles. The Morgan fingerprint density at radius 1 is 1.35 bits per heavy atom. The van der Waals surface area contributed by atoms with Crippen molar-refractivity contribution in [2.45, 2.75) is 58.0 Å². The van der Waals surface area contributed by atoms with Crippen molar-refractivity contribution in [2.75, 3.05) is 26.2 Å². The molecule has 1 atom stereocenters. The first-order valence-corrected chi connectivity index (χ1v) is 10.5. The Bertz CT molecular complexity index is 617. The number of thiazole rings is 1. The quantitative estimate of drug-likeness (QED) is 0.824. The molecule has 3 rings (SSSR count). The lowest BCUT2D eigenvalue weighted by atomic mass is 9.97. The van der Waals surface area contributed by atoms with E-state index in [1.165, 1.54) is 5.01 Å². The highest BCUT2D eigenvalue weighted by atomic mass is 32.1. The van der Waals surface area contributed by atoms with E-state index in [1.807, 2.05) is 18.7 Å². The number of aromatic nitrogens is 1. The molecule has 7 heteroatoms. The summed E-state index contributed by atoms with van der Waals surface area (Å²) in [5.74, 6) is 0.710. The first-order chi connectivity index (χ1) is 12.5. The minimum absolute atomic E-state index is 0.0172. The number of carbonyl (C=O) groups excluding carboxylic acids is 2. The summed E-state index contributed by atoms with van der Waals surface area (Å²) in [5.41, 5.74) is 1.05. The number of nitrogens with one attached hydrogen (secondary N) is 1. The molecule has 0 aliphatic carbocycles. The standard InChI is InChI=1S/C19H29N3O3S/c1-13(2)17(23)20-8-5-15-12-26-18(21-15)14-6-9-22(10-7-14)19(24)16-4-3-11-25-16/h12-14,16H,3-11H2,1-2H3,(H,20,23). The minimum Gasteiger partial charge on any atom is -0.368 e. The molecule has 0 spiro atoms. The number of amides is 2. The molecule has 0 aromatic carbocycles. The maximum atomic E-state index is 12.4. The summed E-state index contributed by atoms with van der Waals surface area (Å²) in [6.45, 7) is 6.73. The summed E-state index contributed by atoms with van der Waals surface area (Å²) in [6.07, 6.45) is 4.35. The Morgan fingerprint density at radius 2 is 2.12 bits per heavy atom. The van der Waals surface area contributed by atoms with Gasteiger partial charge in [-0.05, 0) is 25.7 Å². The molecule has 3 heterocycles. The molecule has 0 radical (unpaired) electrons. The predicted molar refractivity (Wildman–Crippen MR) is 101 cm³/mol. The fraction of sp³-hybridized carbons (Fsp3) is 0.737. The van der Waals surface area contributed by atoms with Gasteiger partial charge in [0.05, 0.1) is 10.7 Å². The Hall–Kier alpha value is -1.47. The van der Waals surface area contributed by atoms with Gasteiger partial charge in [-0.1, -0.05) is 13.8 Å². The van der Waals surface area contributed by atoms with Gasteiger partial charge < -0.3 is 15.0 Å². The maximum Gasteiger partial charge on any atom is 0.251 e. The molecular weight excluding hydrogens is 350 g/mol. The van der Waals surface area contributed by atoms with E-state index < -0.39 is 0 Å². The Labute approximate surface area is 159 Å². The summed E-state index contributed by atoms with van der Waals surface area (Å²) in [4.78, 5) is 30.7.